The van der Waals surface area contributed by atoms with Gasteiger partial charge in [0.15, 0.2) is 11.8 Å². The van der Waals surface area contributed by atoms with E-state index in [9.17, 15) is 5.26 Å². The molecule has 1 aliphatic rings. The van der Waals surface area contributed by atoms with Crippen LogP contribution in [0.1, 0.15) is 57.5 Å². The third kappa shape index (κ3) is 3.85. The molecule has 2 heterocycles. The Bertz CT molecular complexity index is 794. The van der Waals surface area contributed by atoms with Crippen LogP contribution in [0.3, 0.4) is 0 Å². The molecule has 0 saturated heterocycles. The first-order valence-corrected chi connectivity index (χ1v) is 9.32. The lowest BCUT2D eigenvalue weighted by Crippen LogP contribution is -2.24. The summed E-state index contributed by atoms with van der Waals surface area (Å²) in [5, 5.41) is 9.27. The topological polar surface area (TPSA) is 60.1 Å². The molecule has 0 unspecified atom stereocenters. The quantitative estimate of drug-likeness (QED) is 0.779. The zero-order chi connectivity index (χ0) is 18.7. The maximum Gasteiger partial charge on any atom is 0.298 e. The van der Waals surface area contributed by atoms with Crippen LogP contribution in [-0.4, -0.2) is 22.3 Å². The van der Waals surface area contributed by atoms with Crippen LogP contribution in [0, 0.1) is 11.3 Å². The Morgan fingerprint density at radius 2 is 2.04 bits per heavy atom. The van der Waals surface area contributed by atoms with Gasteiger partial charge in [-0.25, -0.2) is 0 Å². The molecule has 2 aromatic rings. The van der Waals surface area contributed by atoms with Crippen LogP contribution < -0.4 is 9.47 Å². The third-order valence-corrected chi connectivity index (χ3v) is 4.73. The molecule has 26 heavy (non-hydrogen) atoms. The second-order valence-corrected chi connectivity index (χ2v) is 7.84. The van der Waals surface area contributed by atoms with Gasteiger partial charge in [-0.1, -0.05) is 46.2 Å². The molecular weight excluding hydrogens is 326 g/mol. The summed E-state index contributed by atoms with van der Waals surface area (Å²) < 4.78 is 13.8. The van der Waals surface area contributed by atoms with Crippen molar-refractivity contribution >= 4 is 0 Å². The summed E-state index contributed by atoms with van der Waals surface area (Å²) in [6.45, 7) is 9.88. The predicted octanol–water partition coefficient (Wildman–Crippen LogP) is 4.23. The number of ether oxygens (including phenoxy) is 2. The number of imidazole rings is 1. The Morgan fingerprint density at radius 3 is 2.65 bits per heavy atom. The summed E-state index contributed by atoms with van der Waals surface area (Å²) in [6.07, 6.45) is 2.91. The van der Waals surface area contributed by atoms with Gasteiger partial charge in [-0.3, -0.25) is 4.57 Å². The maximum absolute atomic E-state index is 9.27. The molecule has 5 nitrogen and oxygen atoms in total. The van der Waals surface area contributed by atoms with Gasteiger partial charge in [-0.15, -0.1) is 0 Å². The van der Waals surface area contributed by atoms with E-state index in [-0.39, 0.29) is 11.5 Å². The molecule has 0 spiro atoms. The fourth-order valence-corrected chi connectivity index (χ4v) is 3.15. The van der Waals surface area contributed by atoms with Crippen LogP contribution >= 0.6 is 0 Å². The second-order valence-electron chi connectivity index (χ2n) is 7.84. The predicted molar refractivity (Wildman–Crippen MR) is 101 cm³/mol. The lowest BCUT2D eigenvalue weighted by molar-refractivity contribution is 0.143. The highest BCUT2D eigenvalue weighted by atomic mass is 16.6. The molecule has 1 aromatic carbocycles. The van der Waals surface area contributed by atoms with Gasteiger partial charge in [0.1, 0.15) is 18.4 Å². The van der Waals surface area contributed by atoms with Crippen molar-refractivity contribution in [2.45, 2.75) is 65.0 Å². The molecule has 0 bridgehead atoms. The van der Waals surface area contributed by atoms with Gasteiger partial charge in [0.2, 0.25) is 0 Å². The van der Waals surface area contributed by atoms with E-state index in [1.54, 1.807) is 0 Å². The minimum Gasteiger partial charge on any atom is -0.490 e. The molecule has 0 amide bonds. The largest absolute Gasteiger partial charge is 0.490 e. The zero-order valence-corrected chi connectivity index (χ0v) is 16.1. The normalized spacial score (nSPS) is 16.0. The van der Waals surface area contributed by atoms with Gasteiger partial charge in [-0.2, -0.15) is 10.2 Å². The molecule has 0 radical (unpaired) electrons. The Balaban J connectivity index is 1.61. The first-order valence-electron chi connectivity index (χ1n) is 9.32. The lowest BCUT2D eigenvalue weighted by atomic mass is 9.87. The fourth-order valence-electron chi connectivity index (χ4n) is 3.15. The highest BCUT2D eigenvalue weighted by molar-refractivity contribution is 5.33. The summed E-state index contributed by atoms with van der Waals surface area (Å²) >= 11 is 0. The van der Waals surface area contributed by atoms with Crippen molar-refractivity contribution in [2.24, 2.45) is 0 Å². The van der Waals surface area contributed by atoms with Gasteiger partial charge >= 0.3 is 0 Å². The molecular formula is C21H27N3O2. The van der Waals surface area contributed by atoms with Crippen molar-refractivity contribution in [3.05, 3.63) is 41.2 Å². The van der Waals surface area contributed by atoms with Crippen molar-refractivity contribution in [3.63, 3.8) is 0 Å². The molecule has 1 aromatic heterocycles. The Morgan fingerprint density at radius 1 is 1.31 bits per heavy atom. The van der Waals surface area contributed by atoms with Gasteiger partial charge in [0.05, 0.1) is 12.2 Å². The van der Waals surface area contributed by atoms with Crippen LogP contribution in [-0.2, 0) is 18.4 Å². The third-order valence-electron chi connectivity index (χ3n) is 4.73. The van der Waals surface area contributed by atoms with Gasteiger partial charge in [-0.05, 0) is 36.0 Å². The Labute approximate surface area is 155 Å². The number of nitriles is 1. The summed E-state index contributed by atoms with van der Waals surface area (Å²) in [6, 6.07) is 11.0. The van der Waals surface area contributed by atoms with E-state index >= 15 is 0 Å². The minimum atomic E-state index is -0.0760. The van der Waals surface area contributed by atoms with E-state index in [0.717, 1.165) is 30.7 Å². The highest BCUT2D eigenvalue weighted by Crippen LogP contribution is 2.28. The summed E-state index contributed by atoms with van der Waals surface area (Å²) in [5.74, 6) is 0.843. The number of benzene rings is 1. The van der Waals surface area contributed by atoms with E-state index in [4.69, 9.17) is 9.47 Å². The number of hydrogen-bond donors (Lipinski definition) is 0. The summed E-state index contributed by atoms with van der Waals surface area (Å²) in [5.41, 5.74) is 2.90. The number of unbranched alkanes of at least 4 members (excludes halogenated alkanes) is 1. The fraction of sp³-hybridized carbons (Fsp3) is 0.524. The molecule has 0 aliphatic carbocycles. The van der Waals surface area contributed by atoms with Crippen LogP contribution in [0.2, 0.25) is 0 Å². The van der Waals surface area contributed by atoms with E-state index in [1.165, 1.54) is 5.56 Å². The number of nitrogens with zero attached hydrogens (tertiary/aromatic N) is 3. The summed E-state index contributed by atoms with van der Waals surface area (Å²) in [7, 11) is 0. The Kier molecular flexibility index (Phi) is 5.22. The standard InChI is InChI=1S/C21H27N3O2/c1-5-6-7-19-18(12-22)23-20-24(19)13-17(26-20)14-25-16-10-8-15(9-11-16)21(2,3)4/h8-11,17H,5-7,13-14H2,1-4H3/t17-/m0/s1. The van der Waals surface area contributed by atoms with E-state index < -0.39 is 0 Å². The first-order chi connectivity index (χ1) is 12.4. The second kappa shape index (κ2) is 7.41. The summed E-state index contributed by atoms with van der Waals surface area (Å²) in [4.78, 5) is 4.33. The van der Waals surface area contributed by atoms with Crippen LogP contribution in [0.4, 0.5) is 0 Å². The van der Waals surface area contributed by atoms with Crippen molar-refractivity contribution in [1.82, 2.24) is 9.55 Å². The van der Waals surface area contributed by atoms with Crippen molar-refractivity contribution in [1.29, 1.82) is 5.26 Å². The van der Waals surface area contributed by atoms with E-state index in [0.29, 0.717) is 24.9 Å². The number of rotatable bonds is 6. The zero-order valence-electron chi connectivity index (χ0n) is 16.1. The molecule has 1 atom stereocenters. The monoisotopic (exact) mass is 353 g/mol. The SMILES string of the molecule is CCCCc1c(C#N)nc2n1C[C@@H](COc1ccc(C(C)(C)C)cc1)O2. The minimum absolute atomic E-state index is 0.0760. The van der Waals surface area contributed by atoms with Crippen molar-refractivity contribution in [3.8, 4) is 17.8 Å². The van der Waals surface area contributed by atoms with Gasteiger partial charge in [0, 0.05) is 0 Å². The molecule has 3 rings (SSSR count). The molecule has 138 valence electrons. The Hall–Kier alpha value is -2.48. The number of aromatic nitrogens is 2. The van der Waals surface area contributed by atoms with Crippen LogP contribution in [0.15, 0.2) is 24.3 Å². The molecule has 0 N–H and O–H groups in total. The smallest absolute Gasteiger partial charge is 0.298 e. The molecule has 1 aliphatic heterocycles. The average Bonchev–Trinajstić information content (AvgIpc) is 3.15. The molecule has 5 heteroatoms. The van der Waals surface area contributed by atoms with Crippen LogP contribution in [0.5, 0.6) is 11.8 Å². The van der Waals surface area contributed by atoms with Crippen molar-refractivity contribution in [2.75, 3.05) is 6.61 Å². The maximum atomic E-state index is 9.27. The van der Waals surface area contributed by atoms with E-state index in [1.807, 2.05) is 16.7 Å². The number of fused-ring (bicyclic) bond motifs is 1. The van der Waals surface area contributed by atoms with Crippen LogP contribution in [0.25, 0.3) is 0 Å². The lowest BCUT2D eigenvalue weighted by Gasteiger charge is -2.19. The first kappa shape index (κ1) is 18.3. The molecule has 0 fully saturated rings. The van der Waals surface area contributed by atoms with Gasteiger partial charge in [0.25, 0.3) is 6.01 Å². The molecule has 0 saturated carbocycles. The van der Waals surface area contributed by atoms with E-state index in [2.05, 4.69) is 50.9 Å². The number of hydrogen-bond acceptors (Lipinski definition) is 4. The average molecular weight is 353 g/mol. The highest BCUT2D eigenvalue weighted by Gasteiger charge is 2.29. The van der Waals surface area contributed by atoms with Crippen molar-refractivity contribution < 1.29 is 9.47 Å². The van der Waals surface area contributed by atoms with Gasteiger partial charge < -0.3 is 9.47 Å².